The SMILES string of the molecule is Cc1cnc(Cn2c(-c3ccccn3)n[nH]c2=S)cn1. The van der Waals surface area contributed by atoms with Crippen LogP contribution in [-0.4, -0.2) is 29.7 Å². The molecule has 0 aliphatic carbocycles. The van der Waals surface area contributed by atoms with Crippen LogP contribution in [0.5, 0.6) is 0 Å². The Hall–Kier alpha value is -2.41. The molecule has 3 rings (SSSR count). The van der Waals surface area contributed by atoms with Gasteiger partial charge >= 0.3 is 0 Å². The van der Waals surface area contributed by atoms with Crippen LogP contribution in [0.3, 0.4) is 0 Å². The van der Waals surface area contributed by atoms with Crippen molar-refractivity contribution in [1.29, 1.82) is 0 Å². The lowest BCUT2D eigenvalue weighted by Gasteiger charge is -2.05. The van der Waals surface area contributed by atoms with E-state index in [4.69, 9.17) is 12.2 Å². The quantitative estimate of drug-likeness (QED) is 0.746. The predicted octanol–water partition coefficient (Wildman–Crippen LogP) is 2.15. The largest absolute Gasteiger partial charge is 0.293 e. The van der Waals surface area contributed by atoms with Crippen LogP contribution in [0.2, 0.25) is 0 Å². The Balaban J connectivity index is 2.00. The number of aromatic nitrogens is 6. The van der Waals surface area contributed by atoms with Gasteiger partial charge in [0.1, 0.15) is 5.69 Å². The molecule has 0 saturated heterocycles. The van der Waals surface area contributed by atoms with Crippen LogP contribution in [0, 0.1) is 11.7 Å². The molecular formula is C13H12N6S. The third kappa shape index (κ3) is 2.48. The molecule has 100 valence electrons. The van der Waals surface area contributed by atoms with Crippen molar-refractivity contribution in [1.82, 2.24) is 29.7 Å². The normalized spacial score (nSPS) is 10.7. The van der Waals surface area contributed by atoms with Gasteiger partial charge in [0.05, 0.1) is 24.1 Å². The number of pyridine rings is 1. The summed E-state index contributed by atoms with van der Waals surface area (Å²) in [4.78, 5) is 12.9. The highest BCUT2D eigenvalue weighted by molar-refractivity contribution is 7.71. The summed E-state index contributed by atoms with van der Waals surface area (Å²) in [7, 11) is 0. The second-order valence-electron chi connectivity index (χ2n) is 4.30. The number of H-pyrrole nitrogens is 1. The highest BCUT2D eigenvalue weighted by atomic mass is 32.1. The van der Waals surface area contributed by atoms with E-state index in [0.29, 0.717) is 17.1 Å². The summed E-state index contributed by atoms with van der Waals surface area (Å²) in [5.41, 5.74) is 2.47. The molecule has 0 aliphatic rings. The Morgan fingerprint density at radius 1 is 1.20 bits per heavy atom. The summed E-state index contributed by atoms with van der Waals surface area (Å²) < 4.78 is 2.39. The van der Waals surface area contributed by atoms with Gasteiger partial charge in [-0.1, -0.05) is 6.07 Å². The molecule has 3 aromatic rings. The maximum atomic E-state index is 5.27. The van der Waals surface area contributed by atoms with E-state index in [1.54, 1.807) is 18.6 Å². The van der Waals surface area contributed by atoms with Gasteiger partial charge in [0.25, 0.3) is 0 Å². The summed E-state index contributed by atoms with van der Waals surface area (Å²) in [6.45, 7) is 2.41. The van der Waals surface area contributed by atoms with E-state index in [1.165, 1.54) is 0 Å². The maximum Gasteiger partial charge on any atom is 0.195 e. The maximum absolute atomic E-state index is 5.27. The molecule has 0 radical (unpaired) electrons. The van der Waals surface area contributed by atoms with E-state index in [0.717, 1.165) is 17.1 Å². The van der Waals surface area contributed by atoms with Crippen molar-refractivity contribution in [2.75, 3.05) is 0 Å². The molecule has 0 bridgehead atoms. The zero-order valence-electron chi connectivity index (χ0n) is 10.8. The molecule has 20 heavy (non-hydrogen) atoms. The molecule has 0 saturated carbocycles. The summed E-state index contributed by atoms with van der Waals surface area (Å²) in [6.07, 6.45) is 5.20. The first-order chi connectivity index (χ1) is 9.74. The zero-order valence-corrected chi connectivity index (χ0v) is 11.6. The van der Waals surface area contributed by atoms with E-state index in [2.05, 4.69) is 25.1 Å². The van der Waals surface area contributed by atoms with Gasteiger partial charge in [-0.2, -0.15) is 5.10 Å². The van der Waals surface area contributed by atoms with Gasteiger partial charge in [-0.05, 0) is 31.3 Å². The lowest BCUT2D eigenvalue weighted by Crippen LogP contribution is -2.05. The van der Waals surface area contributed by atoms with Gasteiger partial charge in [0, 0.05) is 12.4 Å². The number of hydrogen-bond acceptors (Lipinski definition) is 5. The van der Waals surface area contributed by atoms with Crippen molar-refractivity contribution in [2.24, 2.45) is 0 Å². The van der Waals surface area contributed by atoms with Gasteiger partial charge < -0.3 is 0 Å². The fraction of sp³-hybridized carbons (Fsp3) is 0.154. The molecule has 3 aromatic heterocycles. The van der Waals surface area contributed by atoms with E-state index >= 15 is 0 Å². The van der Waals surface area contributed by atoms with Gasteiger partial charge in [0.15, 0.2) is 10.6 Å². The molecule has 0 spiro atoms. The molecule has 3 heterocycles. The van der Waals surface area contributed by atoms with Gasteiger partial charge in [-0.25, -0.2) is 0 Å². The number of nitrogens with zero attached hydrogens (tertiary/aromatic N) is 5. The van der Waals surface area contributed by atoms with Crippen LogP contribution in [0.15, 0.2) is 36.8 Å². The van der Waals surface area contributed by atoms with Crippen LogP contribution in [0.1, 0.15) is 11.4 Å². The van der Waals surface area contributed by atoms with Crippen LogP contribution >= 0.6 is 12.2 Å². The molecular weight excluding hydrogens is 272 g/mol. The second kappa shape index (κ2) is 5.30. The third-order valence-corrected chi connectivity index (χ3v) is 3.12. The number of hydrogen-bond donors (Lipinski definition) is 1. The fourth-order valence-electron chi connectivity index (χ4n) is 1.82. The monoisotopic (exact) mass is 284 g/mol. The van der Waals surface area contributed by atoms with Crippen molar-refractivity contribution in [2.45, 2.75) is 13.5 Å². The highest BCUT2D eigenvalue weighted by Crippen LogP contribution is 2.14. The van der Waals surface area contributed by atoms with Gasteiger partial charge in [0.2, 0.25) is 0 Å². The van der Waals surface area contributed by atoms with Crippen LogP contribution in [-0.2, 0) is 6.54 Å². The summed E-state index contributed by atoms with van der Waals surface area (Å²) in [5, 5.41) is 7.03. The Kier molecular flexibility index (Phi) is 3.34. The lowest BCUT2D eigenvalue weighted by molar-refractivity contribution is 0.757. The first-order valence-electron chi connectivity index (χ1n) is 6.08. The number of aryl methyl sites for hydroxylation is 1. The Bertz CT molecular complexity index is 760. The molecule has 0 aliphatic heterocycles. The molecule has 6 nitrogen and oxygen atoms in total. The lowest BCUT2D eigenvalue weighted by atomic mass is 10.3. The number of nitrogens with one attached hydrogen (secondary N) is 1. The summed E-state index contributed by atoms with van der Waals surface area (Å²) in [6, 6.07) is 5.67. The average Bonchev–Trinajstić information content (AvgIpc) is 2.84. The number of aromatic amines is 1. The molecule has 0 unspecified atom stereocenters. The first-order valence-corrected chi connectivity index (χ1v) is 6.49. The molecule has 1 N–H and O–H groups in total. The highest BCUT2D eigenvalue weighted by Gasteiger charge is 2.10. The molecule has 0 amide bonds. The minimum absolute atomic E-state index is 0.508. The topological polar surface area (TPSA) is 72.3 Å². The fourth-order valence-corrected chi connectivity index (χ4v) is 2.01. The van der Waals surface area contributed by atoms with Gasteiger partial charge in [-0.15, -0.1) is 0 Å². The van der Waals surface area contributed by atoms with E-state index < -0.39 is 0 Å². The molecule has 0 aromatic carbocycles. The van der Waals surface area contributed by atoms with E-state index in [9.17, 15) is 0 Å². The van der Waals surface area contributed by atoms with Crippen LogP contribution in [0.25, 0.3) is 11.5 Å². The minimum Gasteiger partial charge on any atom is -0.293 e. The van der Waals surface area contributed by atoms with Crippen molar-refractivity contribution < 1.29 is 0 Å². The summed E-state index contributed by atoms with van der Waals surface area (Å²) in [5.74, 6) is 0.693. The Morgan fingerprint density at radius 3 is 2.80 bits per heavy atom. The Morgan fingerprint density at radius 2 is 2.10 bits per heavy atom. The molecule has 7 heteroatoms. The average molecular weight is 284 g/mol. The smallest absolute Gasteiger partial charge is 0.195 e. The van der Waals surface area contributed by atoms with E-state index in [-0.39, 0.29) is 0 Å². The van der Waals surface area contributed by atoms with Crippen molar-refractivity contribution in [3.8, 4) is 11.5 Å². The van der Waals surface area contributed by atoms with Crippen LogP contribution < -0.4 is 0 Å². The second-order valence-corrected chi connectivity index (χ2v) is 4.69. The van der Waals surface area contributed by atoms with E-state index in [1.807, 2.05) is 29.7 Å². The van der Waals surface area contributed by atoms with Crippen molar-refractivity contribution in [3.05, 3.63) is 52.9 Å². The molecule has 0 atom stereocenters. The van der Waals surface area contributed by atoms with Crippen molar-refractivity contribution in [3.63, 3.8) is 0 Å². The van der Waals surface area contributed by atoms with Crippen molar-refractivity contribution >= 4 is 12.2 Å². The Labute approximate surface area is 120 Å². The van der Waals surface area contributed by atoms with Gasteiger partial charge in [-0.3, -0.25) is 24.6 Å². The third-order valence-electron chi connectivity index (χ3n) is 2.81. The first kappa shape index (κ1) is 12.6. The number of rotatable bonds is 3. The molecule has 0 fully saturated rings. The van der Waals surface area contributed by atoms with Crippen LogP contribution in [0.4, 0.5) is 0 Å². The predicted molar refractivity (Wildman–Crippen MR) is 76.5 cm³/mol. The minimum atomic E-state index is 0.508. The standard InChI is InChI=1S/C13H12N6S/c1-9-6-16-10(7-15-9)8-19-12(17-18-13(19)20)11-4-2-3-5-14-11/h2-7H,8H2,1H3,(H,18,20). The zero-order chi connectivity index (χ0) is 13.9. The summed E-state index contributed by atoms with van der Waals surface area (Å²) >= 11 is 5.27.